The molecule has 2 aliphatic rings. The molecule has 0 spiro atoms. The molecule has 4 heterocycles. The van der Waals surface area contributed by atoms with Gasteiger partial charge in [0.05, 0.1) is 12.9 Å². The lowest BCUT2D eigenvalue weighted by atomic mass is 9.96. The SMILES string of the molecule is CC[C@]12CO[C@@H](C1O[Si](C)(C)C(C)(C)C)[C@H](n1cnc3c(NC(=O)c4ccccc4)ncnc31)O2. The zero-order chi connectivity index (χ0) is 25.0. The normalized spacial score (nSPS) is 26.4. The highest BCUT2D eigenvalue weighted by Gasteiger charge is 2.63. The van der Waals surface area contributed by atoms with Crippen LogP contribution >= 0.6 is 0 Å². The van der Waals surface area contributed by atoms with Crippen molar-refractivity contribution in [1.82, 2.24) is 19.5 Å². The van der Waals surface area contributed by atoms with E-state index >= 15 is 0 Å². The molecule has 2 saturated heterocycles. The summed E-state index contributed by atoms with van der Waals surface area (Å²) in [6.45, 7) is 13.8. The van der Waals surface area contributed by atoms with Crippen molar-refractivity contribution in [1.29, 1.82) is 0 Å². The number of aromatic nitrogens is 4. The van der Waals surface area contributed by atoms with Gasteiger partial charge >= 0.3 is 0 Å². The van der Waals surface area contributed by atoms with Gasteiger partial charge in [0, 0.05) is 5.56 Å². The van der Waals surface area contributed by atoms with Gasteiger partial charge in [-0.3, -0.25) is 9.36 Å². The van der Waals surface area contributed by atoms with E-state index in [1.54, 1.807) is 18.5 Å². The minimum atomic E-state index is -2.06. The second-order valence-corrected chi connectivity index (χ2v) is 15.6. The molecule has 4 atom stereocenters. The van der Waals surface area contributed by atoms with Gasteiger partial charge in [-0.15, -0.1) is 0 Å². The third-order valence-corrected chi connectivity index (χ3v) is 12.2. The number of hydrogen-bond acceptors (Lipinski definition) is 7. The first-order valence-corrected chi connectivity index (χ1v) is 15.0. The van der Waals surface area contributed by atoms with Crippen LogP contribution in [-0.4, -0.2) is 58.2 Å². The smallest absolute Gasteiger partial charge is 0.256 e. The number of carbonyl (C=O) groups is 1. The number of rotatable bonds is 6. The molecule has 2 bridgehead atoms. The Morgan fingerprint density at radius 3 is 2.66 bits per heavy atom. The van der Waals surface area contributed by atoms with Crippen LogP contribution in [-0.2, 0) is 13.9 Å². The van der Waals surface area contributed by atoms with E-state index in [9.17, 15) is 4.79 Å². The predicted octanol–water partition coefficient (Wildman–Crippen LogP) is 4.55. The molecule has 1 aromatic carbocycles. The number of nitrogens with zero attached hydrogens (tertiary/aromatic N) is 4. The van der Waals surface area contributed by atoms with Crippen molar-refractivity contribution in [2.45, 2.75) is 76.3 Å². The zero-order valence-electron chi connectivity index (χ0n) is 21.1. The molecule has 35 heavy (non-hydrogen) atoms. The fourth-order valence-electron chi connectivity index (χ4n) is 4.52. The summed E-state index contributed by atoms with van der Waals surface area (Å²) in [7, 11) is -2.06. The van der Waals surface area contributed by atoms with E-state index in [2.05, 4.69) is 61.1 Å². The average molecular weight is 496 g/mol. The van der Waals surface area contributed by atoms with Gasteiger partial charge in [0.2, 0.25) is 0 Å². The number of imidazole rings is 1. The lowest BCUT2D eigenvalue weighted by molar-refractivity contribution is -0.173. The van der Waals surface area contributed by atoms with Gasteiger partial charge in [-0.05, 0) is 36.7 Å². The van der Waals surface area contributed by atoms with Gasteiger partial charge in [0.1, 0.15) is 24.1 Å². The third-order valence-electron chi connectivity index (χ3n) is 7.70. The molecule has 1 N–H and O–H groups in total. The standard InChI is InChI=1S/C25H33N5O4Si/c1-7-25-13-32-18(19(25)34-35(5,6)24(2,3)4)23(33-25)30-15-28-17-20(26-14-27-21(17)30)29-22(31)16-11-9-8-10-12-16/h8-12,14-15,18-19,23H,7,13H2,1-6H3,(H,26,27,29,31)/t18-,19?,23+,25-/m0/s1. The predicted molar refractivity (Wildman–Crippen MR) is 135 cm³/mol. The highest BCUT2D eigenvalue weighted by molar-refractivity contribution is 6.74. The molecule has 0 saturated carbocycles. The minimum absolute atomic E-state index is 0.0697. The third kappa shape index (κ3) is 3.98. The van der Waals surface area contributed by atoms with Gasteiger partial charge in [-0.25, -0.2) is 15.0 Å². The molecule has 0 aliphatic carbocycles. The largest absolute Gasteiger partial charge is 0.408 e. The number of nitrogens with one attached hydrogen (secondary N) is 1. The van der Waals surface area contributed by atoms with Gasteiger partial charge in [-0.2, -0.15) is 0 Å². The van der Waals surface area contributed by atoms with Crippen molar-refractivity contribution >= 4 is 31.2 Å². The summed E-state index contributed by atoms with van der Waals surface area (Å²) in [6.07, 6.45) is 3.00. The number of benzene rings is 1. The molecule has 1 unspecified atom stereocenters. The average Bonchev–Trinajstić information content (AvgIpc) is 3.49. The van der Waals surface area contributed by atoms with E-state index in [1.807, 2.05) is 22.8 Å². The van der Waals surface area contributed by atoms with E-state index in [0.717, 1.165) is 6.42 Å². The molecule has 0 radical (unpaired) electrons. The van der Waals surface area contributed by atoms with E-state index < -0.39 is 20.1 Å². The second kappa shape index (κ2) is 8.47. The zero-order valence-corrected chi connectivity index (χ0v) is 22.1. The van der Waals surface area contributed by atoms with Gasteiger partial charge in [-0.1, -0.05) is 45.9 Å². The Morgan fingerprint density at radius 2 is 1.97 bits per heavy atom. The number of hydrogen-bond donors (Lipinski definition) is 1. The van der Waals surface area contributed by atoms with Crippen molar-refractivity contribution in [3.63, 3.8) is 0 Å². The highest BCUT2D eigenvalue weighted by atomic mass is 28.4. The first-order valence-electron chi connectivity index (χ1n) is 12.1. The first-order chi connectivity index (χ1) is 16.6. The topological polar surface area (TPSA) is 100 Å². The Kier molecular flexibility index (Phi) is 5.82. The molecular weight excluding hydrogens is 462 g/mol. The van der Waals surface area contributed by atoms with Crippen molar-refractivity contribution in [2.24, 2.45) is 0 Å². The number of ether oxygens (including phenoxy) is 2. The van der Waals surface area contributed by atoms with Crippen LogP contribution in [0.3, 0.4) is 0 Å². The lowest BCUT2D eigenvalue weighted by Crippen LogP contribution is -2.51. The van der Waals surface area contributed by atoms with E-state index in [0.29, 0.717) is 29.2 Å². The molecule has 10 heteroatoms. The molecule has 1 amide bonds. The molecule has 9 nitrogen and oxygen atoms in total. The van der Waals surface area contributed by atoms with E-state index in [4.69, 9.17) is 13.9 Å². The Balaban J connectivity index is 1.45. The molecule has 2 fully saturated rings. The van der Waals surface area contributed by atoms with Crippen LogP contribution in [0, 0.1) is 0 Å². The maximum Gasteiger partial charge on any atom is 0.256 e. The Bertz CT molecular complexity index is 1240. The van der Waals surface area contributed by atoms with Crippen molar-refractivity contribution < 1.29 is 18.7 Å². The van der Waals surface area contributed by atoms with Gasteiger partial charge in [0.15, 0.2) is 31.5 Å². The van der Waals surface area contributed by atoms with Crippen molar-refractivity contribution in [3.05, 3.63) is 48.5 Å². The van der Waals surface area contributed by atoms with E-state index in [1.165, 1.54) is 6.33 Å². The van der Waals surface area contributed by atoms with Crippen LogP contribution in [0.25, 0.3) is 11.2 Å². The Hall–Kier alpha value is -2.66. The molecule has 2 aromatic heterocycles. The van der Waals surface area contributed by atoms with Gasteiger partial charge in [0.25, 0.3) is 5.91 Å². The first kappa shape index (κ1) is 24.0. The summed E-state index contributed by atoms with van der Waals surface area (Å²) < 4.78 is 21.7. The summed E-state index contributed by atoms with van der Waals surface area (Å²) in [5.41, 5.74) is 1.09. The second-order valence-electron chi connectivity index (χ2n) is 10.9. The van der Waals surface area contributed by atoms with Crippen LogP contribution in [0.15, 0.2) is 43.0 Å². The van der Waals surface area contributed by atoms with Crippen LogP contribution in [0.1, 0.15) is 50.7 Å². The van der Waals surface area contributed by atoms with Crippen molar-refractivity contribution in [2.75, 3.05) is 11.9 Å². The van der Waals surface area contributed by atoms with E-state index in [-0.39, 0.29) is 23.2 Å². The molecule has 186 valence electrons. The van der Waals surface area contributed by atoms with Crippen LogP contribution < -0.4 is 5.32 Å². The minimum Gasteiger partial charge on any atom is -0.408 e. The maximum atomic E-state index is 12.7. The summed E-state index contributed by atoms with van der Waals surface area (Å²) in [5, 5.41) is 2.93. The summed E-state index contributed by atoms with van der Waals surface area (Å²) in [6, 6.07) is 9.00. The monoisotopic (exact) mass is 495 g/mol. The number of anilines is 1. The Morgan fingerprint density at radius 1 is 1.23 bits per heavy atom. The molecular formula is C25H33N5O4Si. The quantitative estimate of drug-likeness (QED) is 0.501. The number of fused-ring (bicyclic) bond motifs is 3. The summed E-state index contributed by atoms with van der Waals surface area (Å²) >= 11 is 0. The van der Waals surface area contributed by atoms with Crippen LogP contribution in [0.4, 0.5) is 5.82 Å². The fraction of sp³-hybridized carbons (Fsp3) is 0.520. The number of carbonyl (C=O) groups excluding carboxylic acids is 1. The highest BCUT2D eigenvalue weighted by Crippen LogP contribution is 2.51. The summed E-state index contributed by atoms with van der Waals surface area (Å²) in [5.74, 6) is 0.0957. The number of amides is 1. The Labute approximate surface area is 206 Å². The van der Waals surface area contributed by atoms with Crippen molar-refractivity contribution in [3.8, 4) is 0 Å². The summed E-state index contributed by atoms with van der Waals surface area (Å²) in [4.78, 5) is 26.0. The molecule has 5 rings (SSSR count). The van der Waals surface area contributed by atoms with Crippen LogP contribution in [0.2, 0.25) is 18.1 Å². The molecule has 3 aromatic rings. The molecule has 2 aliphatic heterocycles. The maximum absolute atomic E-state index is 12.7. The van der Waals surface area contributed by atoms with Gasteiger partial charge < -0.3 is 19.2 Å². The van der Waals surface area contributed by atoms with Crippen LogP contribution in [0.5, 0.6) is 0 Å². The lowest BCUT2D eigenvalue weighted by Gasteiger charge is -2.40. The fourth-order valence-corrected chi connectivity index (χ4v) is 5.85.